The van der Waals surface area contributed by atoms with Gasteiger partial charge in [-0.05, 0) is 81.4 Å². The highest BCUT2D eigenvalue weighted by Gasteiger charge is 2.30. The molecule has 0 unspecified atom stereocenters. The second-order valence-corrected chi connectivity index (χ2v) is 7.62. The highest BCUT2D eigenvalue weighted by molar-refractivity contribution is 9.10. The Morgan fingerprint density at radius 2 is 2.00 bits per heavy atom. The summed E-state index contributed by atoms with van der Waals surface area (Å²) in [4.78, 5) is 2.57. The molecule has 3 heteroatoms. The van der Waals surface area contributed by atoms with E-state index in [0.29, 0.717) is 0 Å². The lowest BCUT2D eigenvalue weighted by molar-refractivity contribution is 0.179. The molecule has 2 nitrogen and oxygen atoms in total. The molecule has 0 bridgehead atoms. The van der Waals surface area contributed by atoms with Gasteiger partial charge < -0.3 is 10.2 Å². The SMILES string of the molecule is CCN1CCC(CNC2CC(c3cccc(Br)c3)C2)CC1. The first kappa shape index (κ1) is 15.5. The van der Waals surface area contributed by atoms with Crippen molar-refractivity contribution >= 4 is 15.9 Å². The molecule has 0 atom stereocenters. The molecule has 1 saturated heterocycles. The van der Waals surface area contributed by atoms with Gasteiger partial charge in [0.15, 0.2) is 0 Å². The Labute approximate surface area is 137 Å². The lowest BCUT2D eigenvalue weighted by atomic mass is 9.75. The second kappa shape index (κ2) is 7.26. The van der Waals surface area contributed by atoms with E-state index in [4.69, 9.17) is 0 Å². The quantitative estimate of drug-likeness (QED) is 0.862. The number of nitrogens with one attached hydrogen (secondary N) is 1. The van der Waals surface area contributed by atoms with E-state index >= 15 is 0 Å². The van der Waals surface area contributed by atoms with E-state index in [1.807, 2.05) is 0 Å². The van der Waals surface area contributed by atoms with Crippen LogP contribution in [0.15, 0.2) is 28.7 Å². The Kier molecular flexibility index (Phi) is 5.36. The molecule has 1 aromatic carbocycles. The molecule has 116 valence electrons. The zero-order chi connectivity index (χ0) is 14.7. The van der Waals surface area contributed by atoms with Crippen LogP contribution in [0.2, 0.25) is 0 Å². The minimum Gasteiger partial charge on any atom is -0.314 e. The maximum atomic E-state index is 3.81. The number of likely N-dealkylation sites (tertiary alicyclic amines) is 1. The molecule has 0 radical (unpaired) electrons. The van der Waals surface area contributed by atoms with Crippen LogP contribution in [0, 0.1) is 5.92 Å². The second-order valence-electron chi connectivity index (χ2n) is 6.71. The summed E-state index contributed by atoms with van der Waals surface area (Å²) in [6.45, 7) is 7.32. The van der Waals surface area contributed by atoms with Crippen molar-refractivity contribution in [2.45, 2.75) is 44.6 Å². The molecular formula is C18H27BrN2. The number of halogens is 1. The third-order valence-corrected chi connectivity index (χ3v) is 5.80. The summed E-state index contributed by atoms with van der Waals surface area (Å²) in [5.41, 5.74) is 1.50. The summed E-state index contributed by atoms with van der Waals surface area (Å²) in [6.07, 6.45) is 5.37. The van der Waals surface area contributed by atoms with Gasteiger partial charge >= 0.3 is 0 Å². The van der Waals surface area contributed by atoms with Crippen LogP contribution in [0.25, 0.3) is 0 Å². The minimum absolute atomic E-state index is 0.748. The summed E-state index contributed by atoms with van der Waals surface area (Å²) in [5.74, 6) is 1.67. The van der Waals surface area contributed by atoms with Crippen molar-refractivity contribution in [2.24, 2.45) is 5.92 Å². The third kappa shape index (κ3) is 4.08. The van der Waals surface area contributed by atoms with Gasteiger partial charge in [-0.3, -0.25) is 0 Å². The fraction of sp³-hybridized carbons (Fsp3) is 0.667. The minimum atomic E-state index is 0.748. The molecule has 2 fully saturated rings. The Morgan fingerprint density at radius 1 is 1.24 bits per heavy atom. The van der Waals surface area contributed by atoms with E-state index in [0.717, 1.165) is 17.9 Å². The van der Waals surface area contributed by atoms with Crippen LogP contribution in [0.1, 0.15) is 44.1 Å². The Hall–Kier alpha value is -0.380. The van der Waals surface area contributed by atoms with Gasteiger partial charge in [0.1, 0.15) is 0 Å². The van der Waals surface area contributed by atoms with Crippen LogP contribution in [0.5, 0.6) is 0 Å². The zero-order valence-corrected chi connectivity index (χ0v) is 14.6. The summed E-state index contributed by atoms with van der Waals surface area (Å²) < 4.78 is 1.21. The van der Waals surface area contributed by atoms with Crippen molar-refractivity contribution in [3.8, 4) is 0 Å². The molecular weight excluding hydrogens is 324 g/mol. The average Bonchev–Trinajstić information content (AvgIpc) is 2.46. The van der Waals surface area contributed by atoms with Gasteiger partial charge in [-0.1, -0.05) is 35.0 Å². The normalized spacial score (nSPS) is 27.5. The highest BCUT2D eigenvalue weighted by atomic mass is 79.9. The van der Waals surface area contributed by atoms with Gasteiger partial charge in [0, 0.05) is 10.5 Å². The first-order chi connectivity index (χ1) is 10.2. The van der Waals surface area contributed by atoms with Gasteiger partial charge in [-0.2, -0.15) is 0 Å². The number of benzene rings is 1. The Balaban J connectivity index is 1.36. The predicted octanol–water partition coefficient (Wildman–Crippen LogP) is 4.02. The van der Waals surface area contributed by atoms with Crippen molar-refractivity contribution in [1.29, 1.82) is 0 Å². The third-order valence-electron chi connectivity index (χ3n) is 5.31. The smallest absolute Gasteiger partial charge is 0.0178 e. The van der Waals surface area contributed by atoms with E-state index in [-0.39, 0.29) is 0 Å². The van der Waals surface area contributed by atoms with Crippen LogP contribution >= 0.6 is 15.9 Å². The summed E-state index contributed by atoms with van der Waals surface area (Å²) in [6, 6.07) is 9.56. The van der Waals surface area contributed by atoms with E-state index in [1.165, 1.54) is 61.9 Å². The Morgan fingerprint density at radius 3 is 2.67 bits per heavy atom. The molecule has 21 heavy (non-hydrogen) atoms. The molecule has 1 aliphatic heterocycles. The standard InChI is InChI=1S/C18H27BrN2/c1-2-21-8-6-14(7-9-21)13-20-18-11-16(12-18)15-4-3-5-17(19)10-15/h3-5,10,14,16,18,20H,2,6-9,11-13H2,1H3. The van der Waals surface area contributed by atoms with Gasteiger partial charge in [0.25, 0.3) is 0 Å². The lowest BCUT2D eigenvalue weighted by Gasteiger charge is -2.38. The van der Waals surface area contributed by atoms with Crippen molar-refractivity contribution < 1.29 is 0 Å². The molecule has 0 aromatic heterocycles. The van der Waals surface area contributed by atoms with Gasteiger partial charge in [-0.25, -0.2) is 0 Å². The Bertz CT molecular complexity index is 448. The highest BCUT2D eigenvalue weighted by Crippen LogP contribution is 2.37. The summed E-state index contributed by atoms with van der Waals surface area (Å²) in [5, 5.41) is 3.81. The van der Waals surface area contributed by atoms with Gasteiger partial charge in [0.2, 0.25) is 0 Å². The van der Waals surface area contributed by atoms with E-state index in [2.05, 4.69) is 57.3 Å². The maximum absolute atomic E-state index is 3.81. The van der Waals surface area contributed by atoms with Crippen molar-refractivity contribution in [3.05, 3.63) is 34.3 Å². The predicted molar refractivity (Wildman–Crippen MR) is 92.7 cm³/mol. The molecule has 1 aliphatic carbocycles. The topological polar surface area (TPSA) is 15.3 Å². The maximum Gasteiger partial charge on any atom is 0.0178 e. The fourth-order valence-electron chi connectivity index (χ4n) is 3.66. The first-order valence-electron chi connectivity index (χ1n) is 8.45. The van der Waals surface area contributed by atoms with Crippen LogP contribution in [0.3, 0.4) is 0 Å². The van der Waals surface area contributed by atoms with Gasteiger partial charge in [-0.15, -0.1) is 0 Å². The van der Waals surface area contributed by atoms with Crippen LogP contribution in [-0.2, 0) is 0 Å². The van der Waals surface area contributed by atoms with Crippen LogP contribution in [0.4, 0.5) is 0 Å². The van der Waals surface area contributed by atoms with E-state index < -0.39 is 0 Å². The number of rotatable bonds is 5. The number of nitrogens with zero attached hydrogens (tertiary/aromatic N) is 1. The number of hydrogen-bond donors (Lipinski definition) is 1. The summed E-state index contributed by atoms with van der Waals surface area (Å²) >= 11 is 3.57. The largest absolute Gasteiger partial charge is 0.314 e. The molecule has 0 amide bonds. The molecule has 1 aromatic rings. The van der Waals surface area contributed by atoms with E-state index in [1.54, 1.807) is 0 Å². The van der Waals surface area contributed by atoms with Crippen LogP contribution in [-0.4, -0.2) is 37.1 Å². The monoisotopic (exact) mass is 350 g/mol. The average molecular weight is 351 g/mol. The molecule has 1 N–H and O–H groups in total. The van der Waals surface area contributed by atoms with Crippen LogP contribution < -0.4 is 5.32 Å². The first-order valence-corrected chi connectivity index (χ1v) is 9.25. The number of hydrogen-bond acceptors (Lipinski definition) is 2. The number of piperidine rings is 1. The zero-order valence-electron chi connectivity index (χ0n) is 13.0. The van der Waals surface area contributed by atoms with Crippen molar-refractivity contribution in [2.75, 3.05) is 26.2 Å². The molecule has 2 aliphatic rings. The van der Waals surface area contributed by atoms with Crippen molar-refractivity contribution in [1.82, 2.24) is 10.2 Å². The summed E-state index contributed by atoms with van der Waals surface area (Å²) in [7, 11) is 0. The lowest BCUT2D eigenvalue weighted by Crippen LogP contribution is -2.44. The fourth-order valence-corrected chi connectivity index (χ4v) is 4.07. The molecule has 0 spiro atoms. The molecule has 1 saturated carbocycles. The molecule has 1 heterocycles. The van der Waals surface area contributed by atoms with Crippen molar-refractivity contribution in [3.63, 3.8) is 0 Å². The molecule has 3 rings (SSSR count). The van der Waals surface area contributed by atoms with Gasteiger partial charge in [0.05, 0.1) is 0 Å². The van der Waals surface area contributed by atoms with E-state index in [9.17, 15) is 0 Å².